The minimum Gasteiger partial charge on any atom is -0.493 e. The average molecular weight is 304 g/mol. The van der Waals surface area contributed by atoms with Gasteiger partial charge in [0.2, 0.25) is 0 Å². The molecular formula is C17H24N2O3. The zero-order valence-corrected chi connectivity index (χ0v) is 13.3. The van der Waals surface area contributed by atoms with Crippen molar-refractivity contribution in [2.75, 3.05) is 26.8 Å². The molecule has 1 aliphatic heterocycles. The number of likely N-dealkylation sites (tertiary alicyclic amines) is 1. The van der Waals surface area contributed by atoms with E-state index in [0.29, 0.717) is 29.7 Å². The number of hydrogen-bond donors (Lipinski definition) is 1. The van der Waals surface area contributed by atoms with Gasteiger partial charge in [-0.25, -0.2) is 0 Å². The fourth-order valence-electron chi connectivity index (χ4n) is 2.98. The molecule has 5 heteroatoms. The lowest BCUT2D eigenvalue weighted by Crippen LogP contribution is -2.35. The third kappa shape index (κ3) is 4.36. The van der Waals surface area contributed by atoms with Crippen LogP contribution in [0, 0.1) is 11.3 Å². The Morgan fingerprint density at radius 3 is 2.95 bits per heavy atom. The summed E-state index contributed by atoms with van der Waals surface area (Å²) in [7, 11) is 1.57. The molecule has 5 nitrogen and oxygen atoms in total. The van der Waals surface area contributed by atoms with Gasteiger partial charge < -0.3 is 14.6 Å². The van der Waals surface area contributed by atoms with Crippen molar-refractivity contribution in [2.24, 2.45) is 0 Å². The van der Waals surface area contributed by atoms with Crippen LogP contribution in [0.25, 0.3) is 0 Å². The molecular weight excluding hydrogens is 280 g/mol. The minimum absolute atomic E-state index is 0.259. The number of hydrogen-bond acceptors (Lipinski definition) is 5. The monoisotopic (exact) mass is 304 g/mol. The third-order valence-electron chi connectivity index (χ3n) is 4.04. The Morgan fingerprint density at radius 1 is 1.45 bits per heavy atom. The first kappa shape index (κ1) is 16.6. The van der Waals surface area contributed by atoms with Crippen LogP contribution in [0.4, 0.5) is 0 Å². The first-order chi connectivity index (χ1) is 10.6. The summed E-state index contributed by atoms with van der Waals surface area (Å²) in [5.41, 5.74) is 0.556. The van der Waals surface area contributed by atoms with Crippen molar-refractivity contribution < 1.29 is 14.6 Å². The van der Waals surface area contributed by atoms with Gasteiger partial charge >= 0.3 is 0 Å². The van der Waals surface area contributed by atoms with Crippen molar-refractivity contribution in [2.45, 2.75) is 38.3 Å². The fraction of sp³-hybridized carbons (Fsp3) is 0.588. The molecule has 1 N–H and O–H groups in total. The minimum atomic E-state index is -0.259. The first-order valence-electron chi connectivity index (χ1n) is 7.77. The molecule has 2 unspecified atom stereocenters. The Morgan fingerprint density at radius 2 is 2.27 bits per heavy atom. The lowest BCUT2D eigenvalue weighted by molar-refractivity contribution is 0.123. The first-order valence-corrected chi connectivity index (χ1v) is 7.77. The van der Waals surface area contributed by atoms with Gasteiger partial charge in [-0.1, -0.05) is 0 Å². The van der Waals surface area contributed by atoms with Gasteiger partial charge in [-0.15, -0.1) is 0 Å². The Balaban J connectivity index is 1.87. The lowest BCUT2D eigenvalue weighted by Gasteiger charge is -2.25. The summed E-state index contributed by atoms with van der Waals surface area (Å²) in [6.45, 7) is 4.30. The SMILES string of the molecule is COc1cc(C#N)ccc1OCCN1CCCC1CC(C)O. The molecule has 1 heterocycles. The summed E-state index contributed by atoms with van der Waals surface area (Å²) in [5.74, 6) is 1.24. The highest BCUT2D eigenvalue weighted by molar-refractivity contribution is 5.46. The van der Waals surface area contributed by atoms with Gasteiger partial charge in [-0.3, -0.25) is 4.90 Å². The lowest BCUT2D eigenvalue weighted by atomic mass is 10.1. The van der Waals surface area contributed by atoms with E-state index < -0.39 is 0 Å². The number of rotatable bonds is 7. The van der Waals surface area contributed by atoms with Gasteiger partial charge in [0.25, 0.3) is 0 Å². The van der Waals surface area contributed by atoms with Gasteiger partial charge in [0.05, 0.1) is 24.8 Å². The summed E-state index contributed by atoms with van der Waals surface area (Å²) >= 11 is 0. The molecule has 1 aromatic carbocycles. The van der Waals surface area contributed by atoms with E-state index in [2.05, 4.69) is 11.0 Å². The normalized spacial score (nSPS) is 19.6. The van der Waals surface area contributed by atoms with E-state index in [1.54, 1.807) is 25.3 Å². The predicted molar refractivity (Wildman–Crippen MR) is 84.1 cm³/mol. The number of nitriles is 1. The standard InChI is InChI=1S/C17H24N2O3/c1-13(20)10-15-4-3-7-19(15)8-9-22-16-6-5-14(12-18)11-17(16)21-2/h5-6,11,13,15,20H,3-4,7-10H2,1-2H3. The van der Waals surface area contributed by atoms with Crippen LogP contribution in [0.5, 0.6) is 11.5 Å². The molecule has 0 amide bonds. The quantitative estimate of drug-likeness (QED) is 0.836. The smallest absolute Gasteiger partial charge is 0.162 e. The number of methoxy groups -OCH3 is 1. The molecule has 2 atom stereocenters. The Bertz CT molecular complexity index is 525. The van der Waals surface area contributed by atoms with Gasteiger partial charge in [-0.2, -0.15) is 5.26 Å². The second-order valence-corrected chi connectivity index (χ2v) is 5.74. The molecule has 0 radical (unpaired) electrons. The van der Waals surface area contributed by atoms with Crippen LogP contribution < -0.4 is 9.47 Å². The van der Waals surface area contributed by atoms with Crippen molar-refractivity contribution in [1.82, 2.24) is 4.90 Å². The van der Waals surface area contributed by atoms with Gasteiger partial charge in [0.1, 0.15) is 6.61 Å². The number of aliphatic hydroxyl groups is 1. The molecule has 2 rings (SSSR count). The molecule has 1 saturated heterocycles. The highest BCUT2D eigenvalue weighted by Crippen LogP contribution is 2.28. The van der Waals surface area contributed by atoms with Gasteiger partial charge in [0.15, 0.2) is 11.5 Å². The molecule has 0 aromatic heterocycles. The van der Waals surface area contributed by atoms with Crippen molar-refractivity contribution in [3.05, 3.63) is 23.8 Å². The van der Waals surface area contributed by atoms with Crippen LogP contribution in [-0.4, -0.2) is 49.0 Å². The Kier molecular flexibility index (Phi) is 6.05. The molecule has 22 heavy (non-hydrogen) atoms. The fourth-order valence-corrected chi connectivity index (χ4v) is 2.98. The van der Waals surface area contributed by atoms with E-state index in [1.807, 2.05) is 6.92 Å². The molecule has 1 fully saturated rings. The largest absolute Gasteiger partial charge is 0.493 e. The van der Waals surface area contributed by atoms with E-state index in [0.717, 1.165) is 25.9 Å². The highest BCUT2D eigenvalue weighted by atomic mass is 16.5. The molecule has 120 valence electrons. The molecule has 1 aliphatic rings. The zero-order valence-electron chi connectivity index (χ0n) is 13.3. The predicted octanol–water partition coefficient (Wildman–Crippen LogP) is 2.18. The maximum atomic E-state index is 9.55. The van der Waals surface area contributed by atoms with Crippen LogP contribution in [0.1, 0.15) is 31.7 Å². The molecule has 1 aromatic rings. The number of aliphatic hydroxyl groups excluding tert-OH is 1. The second-order valence-electron chi connectivity index (χ2n) is 5.74. The number of benzene rings is 1. The zero-order chi connectivity index (χ0) is 15.9. The maximum absolute atomic E-state index is 9.55. The molecule has 0 aliphatic carbocycles. The van der Waals surface area contributed by atoms with Crippen LogP contribution >= 0.6 is 0 Å². The maximum Gasteiger partial charge on any atom is 0.162 e. The van der Waals surface area contributed by atoms with Crippen molar-refractivity contribution in [3.8, 4) is 17.6 Å². The van der Waals surface area contributed by atoms with Crippen LogP contribution in [0.15, 0.2) is 18.2 Å². The summed E-state index contributed by atoms with van der Waals surface area (Å²) in [5, 5.41) is 18.4. The van der Waals surface area contributed by atoms with Gasteiger partial charge in [0, 0.05) is 18.7 Å². The topological polar surface area (TPSA) is 65.7 Å². The average Bonchev–Trinajstić information content (AvgIpc) is 2.94. The number of nitrogens with zero attached hydrogens (tertiary/aromatic N) is 2. The van der Waals surface area contributed by atoms with Crippen LogP contribution in [0.3, 0.4) is 0 Å². The molecule has 0 spiro atoms. The van der Waals surface area contributed by atoms with Crippen molar-refractivity contribution in [3.63, 3.8) is 0 Å². The van der Waals surface area contributed by atoms with E-state index in [-0.39, 0.29) is 6.10 Å². The molecule has 0 saturated carbocycles. The Hall–Kier alpha value is -1.77. The summed E-state index contributed by atoms with van der Waals surface area (Å²) in [6.07, 6.45) is 2.88. The van der Waals surface area contributed by atoms with Crippen molar-refractivity contribution >= 4 is 0 Å². The summed E-state index contributed by atoms with van der Waals surface area (Å²) < 4.78 is 11.1. The van der Waals surface area contributed by atoms with E-state index >= 15 is 0 Å². The van der Waals surface area contributed by atoms with Crippen molar-refractivity contribution in [1.29, 1.82) is 5.26 Å². The Labute approximate surface area is 132 Å². The van der Waals surface area contributed by atoms with E-state index in [4.69, 9.17) is 14.7 Å². The van der Waals surface area contributed by atoms with Gasteiger partial charge in [-0.05, 0) is 44.9 Å². The number of ether oxygens (including phenoxy) is 2. The van der Waals surface area contributed by atoms with Crippen LogP contribution in [-0.2, 0) is 0 Å². The second kappa shape index (κ2) is 8.02. The van der Waals surface area contributed by atoms with E-state index in [9.17, 15) is 5.11 Å². The summed E-state index contributed by atoms with van der Waals surface area (Å²) in [6, 6.07) is 7.72. The molecule has 0 bridgehead atoms. The highest BCUT2D eigenvalue weighted by Gasteiger charge is 2.25. The van der Waals surface area contributed by atoms with Crippen LogP contribution in [0.2, 0.25) is 0 Å². The van der Waals surface area contributed by atoms with E-state index in [1.165, 1.54) is 6.42 Å². The summed E-state index contributed by atoms with van der Waals surface area (Å²) in [4.78, 5) is 2.38. The third-order valence-corrected chi connectivity index (χ3v) is 4.04.